The van der Waals surface area contributed by atoms with Gasteiger partial charge in [-0.25, -0.2) is 9.59 Å². The van der Waals surface area contributed by atoms with Gasteiger partial charge in [0.15, 0.2) is 5.43 Å². The number of ether oxygens (including phenoxy) is 2. The first-order valence-corrected chi connectivity index (χ1v) is 12.4. The number of aromatic nitrogens is 1. The largest absolute Gasteiger partial charge is 0.466 e. The van der Waals surface area contributed by atoms with Crippen LogP contribution in [0.1, 0.15) is 22.6 Å². The maximum atomic E-state index is 13.7. The second-order valence-electron chi connectivity index (χ2n) is 9.49. The molecule has 40 heavy (non-hydrogen) atoms. The van der Waals surface area contributed by atoms with Gasteiger partial charge in [0, 0.05) is 10.8 Å². The van der Waals surface area contributed by atoms with Crippen LogP contribution in [-0.2, 0) is 19.1 Å². The van der Waals surface area contributed by atoms with Crippen molar-refractivity contribution in [2.45, 2.75) is 19.8 Å². The molecule has 1 aliphatic rings. The Bertz CT molecular complexity index is 1880. The minimum absolute atomic E-state index is 0.0334. The number of methoxy groups -OCH3 is 2. The molecular formula is C31H26N4O5. The summed E-state index contributed by atoms with van der Waals surface area (Å²) < 4.78 is 10.2. The molecule has 3 N–H and O–H groups in total. The average molecular weight is 535 g/mol. The number of nitrogens with one attached hydrogen (secondary N) is 1. The minimum atomic E-state index is -0.996. The summed E-state index contributed by atoms with van der Waals surface area (Å²) in [6, 6.07) is 19.7. The number of anilines is 1. The number of nitriles is 1. The Hall–Kier alpha value is -5.36. The SMILES string of the molecule is COC(=O)C1=C(C(=O)OC)N(c2cccc3c(=O)c4c(C)cc(C)cc4[nH]c23)C(N)=C(C#N)C1c1ccccc1. The second-order valence-corrected chi connectivity index (χ2v) is 9.49. The van der Waals surface area contributed by atoms with Crippen molar-refractivity contribution in [3.8, 4) is 6.07 Å². The van der Waals surface area contributed by atoms with E-state index in [0.717, 1.165) is 11.1 Å². The lowest BCUT2D eigenvalue weighted by molar-refractivity contribution is -0.139. The van der Waals surface area contributed by atoms with E-state index in [4.69, 9.17) is 15.2 Å². The van der Waals surface area contributed by atoms with Gasteiger partial charge in [0.05, 0.1) is 54.1 Å². The Morgan fingerprint density at radius 1 is 1.00 bits per heavy atom. The first-order chi connectivity index (χ1) is 19.2. The molecule has 0 spiro atoms. The molecule has 0 radical (unpaired) electrons. The van der Waals surface area contributed by atoms with E-state index in [1.807, 2.05) is 26.0 Å². The van der Waals surface area contributed by atoms with Gasteiger partial charge < -0.3 is 20.2 Å². The lowest BCUT2D eigenvalue weighted by atomic mass is 9.81. The Kier molecular flexibility index (Phi) is 6.61. The third kappa shape index (κ3) is 3.98. The van der Waals surface area contributed by atoms with Crippen molar-refractivity contribution in [1.29, 1.82) is 5.26 Å². The summed E-state index contributed by atoms with van der Waals surface area (Å²) in [6.07, 6.45) is 0. The molecule has 0 bridgehead atoms. The number of hydrogen-bond donors (Lipinski definition) is 2. The fraction of sp³-hybridized carbons (Fsp3) is 0.161. The first kappa shape index (κ1) is 26.3. The van der Waals surface area contributed by atoms with Gasteiger partial charge in [-0.15, -0.1) is 0 Å². The molecule has 0 fully saturated rings. The number of nitrogens with two attached hydrogens (primary N) is 1. The highest BCUT2D eigenvalue weighted by atomic mass is 16.5. The zero-order valence-electron chi connectivity index (χ0n) is 22.4. The van der Waals surface area contributed by atoms with Crippen molar-refractivity contribution in [2.24, 2.45) is 5.73 Å². The summed E-state index contributed by atoms with van der Waals surface area (Å²) in [4.78, 5) is 45.1. The number of hydrogen-bond acceptors (Lipinski definition) is 8. The number of benzene rings is 3. The number of nitrogens with zero attached hydrogens (tertiary/aromatic N) is 2. The molecule has 3 aromatic carbocycles. The number of fused-ring (bicyclic) bond motifs is 2. The minimum Gasteiger partial charge on any atom is -0.466 e. The summed E-state index contributed by atoms with van der Waals surface area (Å²) in [5.41, 5.74) is 9.76. The normalized spacial score (nSPS) is 15.4. The molecule has 0 saturated heterocycles. The molecule has 5 rings (SSSR count). The number of aryl methyl sites for hydroxylation is 2. The summed E-state index contributed by atoms with van der Waals surface area (Å²) in [7, 11) is 2.38. The number of rotatable bonds is 4. The van der Waals surface area contributed by atoms with Crippen LogP contribution < -0.4 is 16.1 Å². The fourth-order valence-electron chi connectivity index (χ4n) is 5.45. The van der Waals surface area contributed by atoms with E-state index in [0.29, 0.717) is 27.4 Å². The predicted molar refractivity (Wildman–Crippen MR) is 151 cm³/mol. The monoisotopic (exact) mass is 534 g/mol. The van der Waals surface area contributed by atoms with Crippen LogP contribution in [0, 0.1) is 25.2 Å². The molecule has 0 saturated carbocycles. The number of carbonyl (C=O) groups excluding carboxylic acids is 2. The van der Waals surface area contributed by atoms with Gasteiger partial charge in [-0.2, -0.15) is 5.26 Å². The number of pyridine rings is 1. The Balaban J connectivity index is 1.93. The molecule has 1 unspecified atom stereocenters. The highest BCUT2D eigenvalue weighted by Gasteiger charge is 2.43. The van der Waals surface area contributed by atoms with Crippen LogP contribution in [-0.4, -0.2) is 31.1 Å². The summed E-state index contributed by atoms with van der Waals surface area (Å²) in [6.45, 7) is 3.80. The van der Waals surface area contributed by atoms with Crippen molar-refractivity contribution in [3.05, 3.63) is 110 Å². The van der Waals surface area contributed by atoms with E-state index in [-0.39, 0.29) is 33.8 Å². The number of H-pyrrole nitrogens is 1. The molecule has 200 valence electrons. The fourth-order valence-corrected chi connectivity index (χ4v) is 5.45. The predicted octanol–water partition coefficient (Wildman–Crippen LogP) is 4.20. The van der Waals surface area contributed by atoms with Crippen LogP contribution >= 0.6 is 0 Å². The van der Waals surface area contributed by atoms with Crippen LogP contribution in [0.4, 0.5) is 5.69 Å². The van der Waals surface area contributed by atoms with Crippen molar-refractivity contribution < 1.29 is 19.1 Å². The highest BCUT2D eigenvalue weighted by molar-refractivity contribution is 6.09. The molecule has 1 atom stereocenters. The second kappa shape index (κ2) is 10.1. The summed E-state index contributed by atoms with van der Waals surface area (Å²) >= 11 is 0. The summed E-state index contributed by atoms with van der Waals surface area (Å²) in [5, 5.41) is 11.2. The smallest absolute Gasteiger partial charge is 0.355 e. The van der Waals surface area contributed by atoms with Gasteiger partial charge in [-0.3, -0.25) is 9.69 Å². The molecular weight excluding hydrogens is 508 g/mol. The molecule has 0 amide bonds. The van der Waals surface area contributed by atoms with Crippen molar-refractivity contribution in [1.82, 2.24) is 4.98 Å². The number of aromatic amines is 1. The Morgan fingerprint density at radius 2 is 1.70 bits per heavy atom. The average Bonchev–Trinajstić information content (AvgIpc) is 2.95. The van der Waals surface area contributed by atoms with Crippen LogP contribution in [0.3, 0.4) is 0 Å². The van der Waals surface area contributed by atoms with Crippen LogP contribution in [0.2, 0.25) is 0 Å². The van der Waals surface area contributed by atoms with Crippen molar-refractivity contribution in [2.75, 3.05) is 19.1 Å². The standard InChI is InChI=1S/C31H26N4O5/c1-16-13-17(2)23-21(14-16)34-26-19(28(23)36)11-8-12-22(26)35-27(31(38)40-4)25(30(37)39-3)24(20(15-32)29(35)33)18-9-6-5-7-10-18/h5-14,24H,33H2,1-4H3,(H,34,36). The summed E-state index contributed by atoms with van der Waals surface area (Å²) in [5.74, 6) is -2.78. The Labute approximate surface area is 229 Å². The molecule has 9 heteroatoms. The lowest BCUT2D eigenvalue weighted by Crippen LogP contribution is -2.41. The van der Waals surface area contributed by atoms with Crippen molar-refractivity contribution >= 4 is 39.4 Å². The van der Waals surface area contributed by atoms with Crippen LogP contribution in [0.25, 0.3) is 21.8 Å². The van der Waals surface area contributed by atoms with Gasteiger partial charge in [0.25, 0.3) is 0 Å². The maximum Gasteiger partial charge on any atom is 0.355 e. The van der Waals surface area contributed by atoms with E-state index in [2.05, 4.69) is 11.1 Å². The Morgan fingerprint density at radius 3 is 2.35 bits per heavy atom. The van der Waals surface area contributed by atoms with Gasteiger partial charge in [-0.05, 0) is 48.7 Å². The number of carbonyl (C=O) groups is 2. The van der Waals surface area contributed by atoms with Crippen LogP contribution in [0.15, 0.2) is 88.1 Å². The van der Waals surface area contributed by atoms with E-state index in [1.165, 1.54) is 19.1 Å². The lowest BCUT2D eigenvalue weighted by Gasteiger charge is -2.36. The van der Waals surface area contributed by atoms with Crippen molar-refractivity contribution in [3.63, 3.8) is 0 Å². The van der Waals surface area contributed by atoms with Gasteiger partial charge in [-0.1, -0.05) is 42.5 Å². The molecule has 4 aromatic rings. The molecule has 2 heterocycles. The third-order valence-corrected chi connectivity index (χ3v) is 7.10. The van der Waals surface area contributed by atoms with E-state index in [1.54, 1.807) is 48.5 Å². The topological polar surface area (TPSA) is 139 Å². The van der Waals surface area contributed by atoms with E-state index >= 15 is 0 Å². The number of para-hydroxylation sites is 1. The molecule has 1 aliphatic heterocycles. The highest BCUT2D eigenvalue weighted by Crippen LogP contribution is 2.44. The van der Waals surface area contributed by atoms with E-state index < -0.39 is 17.9 Å². The van der Waals surface area contributed by atoms with Crippen LogP contribution in [0.5, 0.6) is 0 Å². The third-order valence-electron chi connectivity index (χ3n) is 7.10. The first-order valence-electron chi connectivity index (χ1n) is 12.4. The molecule has 9 nitrogen and oxygen atoms in total. The van der Waals surface area contributed by atoms with E-state index in [9.17, 15) is 19.6 Å². The quantitative estimate of drug-likeness (QED) is 0.294. The maximum absolute atomic E-state index is 13.7. The molecule has 0 aliphatic carbocycles. The van der Waals surface area contributed by atoms with Gasteiger partial charge >= 0.3 is 11.9 Å². The zero-order valence-corrected chi connectivity index (χ0v) is 22.4. The molecule has 1 aromatic heterocycles. The zero-order chi connectivity index (χ0) is 28.7. The van der Waals surface area contributed by atoms with Gasteiger partial charge in [0.2, 0.25) is 0 Å². The number of esters is 2. The van der Waals surface area contributed by atoms with Gasteiger partial charge in [0.1, 0.15) is 11.5 Å². The number of allylic oxidation sites excluding steroid dienone is 1.